The molecule has 1 aromatic heterocycles. The molecule has 104 valence electrons. The van der Waals surface area contributed by atoms with Crippen molar-refractivity contribution >= 4 is 11.7 Å². The quantitative estimate of drug-likeness (QED) is 0.832. The number of piperidine rings is 1. The average Bonchev–Trinajstić information content (AvgIpc) is 2.45. The van der Waals surface area contributed by atoms with E-state index in [2.05, 4.69) is 32.5 Å². The molecule has 6 heteroatoms. The van der Waals surface area contributed by atoms with Crippen LogP contribution in [0.5, 0.6) is 0 Å². The number of hydrogen-bond acceptors (Lipinski definition) is 5. The summed E-state index contributed by atoms with van der Waals surface area (Å²) in [5.41, 5.74) is 0.357. The highest BCUT2D eigenvalue weighted by molar-refractivity contribution is 5.92. The van der Waals surface area contributed by atoms with Crippen LogP contribution in [0.15, 0.2) is 12.4 Å². The van der Waals surface area contributed by atoms with Crippen molar-refractivity contribution in [1.82, 2.24) is 20.2 Å². The molecule has 19 heavy (non-hydrogen) atoms. The zero-order valence-electron chi connectivity index (χ0n) is 11.5. The van der Waals surface area contributed by atoms with Crippen molar-refractivity contribution in [3.8, 4) is 0 Å². The van der Waals surface area contributed by atoms with Gasteiger partial charge in [0.1, 0.15) is 11.5 Å². The van der Waals surface area contributed by atoms with Crippen molar-refractivity contribution in [2.45, 2.75) is 12.8 Å². The van der Waals surface area contributed by atoms with E-state index >= 15 is 0 Å². The lowest BCUT2D eigenvalue weighted by Gasteiger charge is -2.29. The van der Waals surface area contributed by atoms with Gasteiger partial charge in [0.2, 0.25) is 0 Å². The summed E-state index contributed by atoms with van der Waals surface area (Å²) in [4.78, 5) is 22.5. The van der Waals surface area contributed by atoms with E-state index in [0.29, 0.717) is 24.0 Å². The summed E-state index contributed by atoms with van der Waals surface area (Å²) in [6, 6.07) is 0. The number of nitrogens with zero attached hydrogens (tertiary/aromatic N) is 3. The molecule has 0 spiro atoms. The number of carbonyl (C=O) groups is 1. The molecule has 6 nitrogen and oxygen atoms in total. The second-order valence-electron chi connectivity index (χ2n) is 5.02. The van der Waals surface area contributed by atoms with E-state index in [-0.39, 0.29) is 5.91 Å². The monoisotopic (exact) mass is 263 g/mol. The molecule has 0 aliphatic carbocycles. The second kappa shape index (κ2) is 6.47. The van der Waals surface area contributed by atoms with Gasteiger partial charge in [0.05, 0.1) is 12.4 Å². The Morgan fingerprint density at radius 3 is 3.11 bits per heavy atom. The molecular weight excluding hydrogens is 242 g/mol. The van der Waals surface area contributed by atoms with E-state index in [1.54, 1.807) is 13.2 Å². The maximum Gasteiger partial charge on any atom is 0.271 e. The SMILES string of the molecule is CNc1cncc(C(=O)NCC2CCCN(C)C2)n1. The van der Waals surface area contributed by atoms with Crippen LogP contribution in [0, 0.1) is 5.92 Å². The molecule has 2 heterocycles. The van der Waals surface area contributed by atoms with Crippen LogP contribution in [-0.4, -0.2) is 54.5 Å². The van der Waals surface area contributed by atoms with Crippen molar-refractivity contribution in [2.75, 3.05) is 39.0 Å². The number of anilines is 1. The third-order valence-corrected chi connectivity index (χ3v) is 3.40. The Kier molecular flexibility index (Phi) is 4.68. The minimum absolute atomic E-state index is 0.155. The van der Waals surface area contributed by atoms with Gasteiger partial charge in [-0.15, -0.1) is 0 Å². The zero-order valence-corrected chi connectivity index (χ0v) is 11.5. The fourth-order valence-corrected chi connectivity index (χ4v) is 2.36. The summed E-state index contributed by atoms with van der Waals surface area (Å²) in [7, 11) is 3.87. The van der Waals surface area contributed by atoms with Crippen molar-refractivity contribution in [3.63, 3.8) is 0 Å². The van der Waals surface area contributed by atoms with Crippen LogP contribution >= 0.6 is 0 Å². The van der Waals surface area contributed by atoms with Crippen molar-refractivity contribution in [3.05, 3.63) is 18.1 Å². The highest BCUT2D eigenvalue weighted by Crippen LogP contribution is 2.14. The number of nitrogens with one attached hydrogen (secondary N) is 2. The van der Waals surface area contributed by atoms with Crippen molar-refractivity contribution in [2.24, 2.45) is 5.92 Å². The number of carbonyl (C=O) groups excluding carboxylic acids is 1. The third-order valence-electron chi connectivity index (χ3n) is 3.40. The molecule has 0 radical (unpaired) electrons. The fourth-order valence-electron chi connectivity index (χ4n) is 2.36. The first kappa shape index (κ1) is 13.7. The standard InChI is InChI=1S/C13H21N5O/c1-14-12-8-15-7-11(17-12)13(19)16-6-10-4-3-5-18(2)9-10/h7-8,10H,3-6,9H2,1-2H3,(H,14,17)(H,16,19). The second-order valence-corrected chi connectivity index (χ2v) is 5.02. The number of amides is 1. The molecule has 1 aliphatic rings. The lowest BCUT2D eigenvalue weighted by atomic mass is 9.98. The van der Waals surface area contributed by atoms with Crippen molar-refractivity contribution in [1.29, 1.82) is 0 Å². The molecule has 0 aromatic carbocycles. The summed E-state index contributed by atoms with van der Waals surface area (Å²) < 4.78 is 0. The summed E-state index contributed by atoms with van der Waals surface area (Å²) in [5, 5.41) is 5.82. The zero-order chi connectivity index (χ0) is 13.7. The Morgan fingerprint density at radius 1 is 1.53 bits per heavy atom. The third kappa shape index (κ3) is 3.89. The average molecular weight is 263 g/mol. The molecule has 1 aromatic rings. The van der Waals surface area contributed by atoms with Crippen LogP contribution in [0.4, 0.5) is 5.82 Å². The Hall–Kier alpha value is -1.69. The number of aromatic nitrogens is 2. The molecule has 0 bridgehead atoms. The van der Waals surface area contributed by atoms with Gasteiger partial charge in [0.15, 0.2) is 0 Å². The predicted molar refractivity (Wildman–Crippen MR) is 74.1 cm³/mol. The molecule has 1 unspecified atom stereocenters. The fraction of sp³-hybridized carbons (Fsp3) is 0.615. The number of rotatable bonds is 4. The first-order valence-electron chi connectivity index (χ1n) is 6.65. The Morgan fingerprint density at radius 2 is 2.37 bits per heavy atom. The van der Waals surface area contributed by atoms with Crippen molar-refractivity contribution < 1.29 is 4.79 Å². The molecule has 2 N–H and O–H groups in total. The molecule has 1 atom stereocenters. The molecule has 1 fully saturated rings. The summed E-state index contributed by atoms with van der Waals surface area (Å²) >= 11 is 0. The minimum Gasteiger partial charge on any atom is -0.372 e. The predicted octanol–water partition coefficient (Wildman–Crippen LogP) is 0.590. The van der Waals surface area contributed by atoms with E-state index in [9.17, 15) is 4.79 Å². The molecular formula is C13H21N5O. The molecule has 1 aliphatic heterocycles. The first-order chi connectivity index (χ1) is 9.19. The normalized spacial score (nSPS) is 20.0. The van der Waals surface area contributed by atoms with Crippen LogP contribution < -0.4 is 10.6 Å². The largest absolute Gasteiger partial charge is 0.372 e. The van der Waals surface area contributed by atoms with Crippen LogP contribution in [0.2, 0.25) is 0 Å². The van der Waals surface area contributed by atoms with Gasteiger partial charge in [-0.25, -0.2) is 4.98 Å². The smallest absolute Gasteiger partial charge is 0.271 e. The van der Waals surface area contributed by atoms with Crippen LogP contribution in [-0.2, 0) is 0 Å². The Balaban J connectivity index is 1.86. The minimum atomic E-state index is -0.155. The molecule has 1 saturated heterocycles. The van der Waals surface area contributed by atoms with Gasteiger partial charge in [0, 0.05) is 20.1 Å². The van der Waals surface area contributed by atoms with E-state index in [4.69, 9.17) is 0 Å². The topological polar surface area (TPSA) is 70.2 Å². The van der Waals surface area contributed by atoms with E-state index in [0.717, 1.165) is 13.1 Å². The molecule has 2 rings (SSSR count). The lowest BCUT2D eigenvalue weighted by molar-refractivity contribution is 0.0931. The van der Waals surface area contributed by atoms with Gasteiger partial charge in [-0.05, 0) is 32.4 Å². The van der Waals surface area contributed by atoms with Gasteiger partial charge >= 0.3 is 0 Å². The van der Waals surface area contributed by atoms with Gasteiger partial charge in [-0.3, -0.25) is 9.78 Å². The first-order valence-corrected chi connectivity index (χ1v) is 6.65. The lowest BCUT2D eigenvalue weighted by Crippen LogP contribution is -2.39. The molecule has 0 saturated carbocycles. The van der Waals surface area contributed by atoms with Gasteiger partial charge in [-0.1, -0.05) is 0 Å². The maximum atomic E-state index is 12.0. The van der Waals surface area contributed by atoms with E-state index < -0.39 is 0 Å². The van der Waals surface area contributed by atoms with Crippen LogP contribution in [0.1, 0.15) is 23.3 Å². The highest BCUT2D eigenvalue weighted by atomic mass is 16.1. The van der Waals surface area contributed by atoms with E-state index in [1.807, 2.05) is 0 Å². The Labute approximate surface area is 113 Å². The van der Waals surface area contributed by atoms with E-state index in [1.165, 1.54) is 19.0 Å². The van der Waals surface area contributed by atoms with Gasteiger partial charge < -0.3 is 15.5 Å². The van der Waals surface area contributed by atoms with Crippen LogP contribution in [0.3, 0.4) is 0 Å². The summed E-state index contributed by atoms with van der Waals surface area (Å²) in [6.07, 6.45) is 5.45. The Bertz CT molecular complexity index is 437. The van der Waals surface area contributed by atoms with Gasteiger partial charge in [0.25, 0.3) is 5.91 Å². The number of likely N-dealkylation sites (tertiary alicyclic amines) is 1. The highest BCUT2D eigenvalue weighted by Gasteiger charge is 2.18. The van der Waals surface area contributed by atoms with Gasteiger partial charge in [-0.2, -0.15) is 0 Å². The summed E-state index contributed by atoms with van der Waals surface area (Å²) in [5.74, 6) is 0.978. The maximum absolute atomic E-state index is 12.0. The summed E-state index contributed by atoms with van der Waals surface area (Å²) in [6.45, 7) is 2.90. The number of hydrogen-bond donors (Lipinski definition) is 2. The molecule has 1 amide bonds. The van der Waals surface area contributed by atoms with Crippen LogP contribution in [0.25, 0.3) is 0 Å².